The van der Waals surface area contributed by atoms with Crippen molar-refractivity contribution in [1.29, 1.82) is 0 Å². The molecule has 0 radical (unpaired) electrons. The molecule has 1 unspecified atom stereocenters. The van der Waals surface area contributed by atoms with Gasteiger partial charge in [-0.15, -0.1) is 0 Å². The van der Waals surface area contributed by atoms with Crippen molar-refractivity contribution in [2.75, 3.05) is 13.7 Å². The van der Waals surface area contributed by atoms with Gasteiger partial charge in [-0.25, -0.2) is 13.1 Å². The lowest BCUT2D eigenvalue weighted by atomic mass is 10.2. The van der Waals surface area contributed by atoms with Crippen LogP contribution in [0.4, 0.5) is 0 Å². The highest BCUT2D eigenvalue weighted by Gasteiger charge is 2.20. The molecule has 2 rings (SSSR count). The zero-order valence-electron chi connectivity index (χ0n) is 13.2. The molecule has 126 valence electrons. The minimum absolute atomic E-state index is 0.0870. The maximum absolute atomic E-state index is 12.5. The Bertz CT molecular complexity index is 725. The highest BCUT2D eigenvalue weighted by atomic mass is 32.2. The van der Waals surface area contributed by atoms with Crippen molar-refractivity contribution in [2.45, 2.75) is 30.8 Å². The first kappa shape index (κ1) is 17.5. The Balaban J connectivity index is 2.07. The molecule has 0 aliphatic heterocycles. The van der Waals surface area contributed by atoms with Crippen LogP contribution in [0.2, 0.25) is 0 Å². The first-order valence-electron chi connectivity index (χ1n) is 7.36. The first-order valence-corrected chi connectivity index (χ1v) is 8.84. The SMILES string of the molecule is CCc1ccc(OC)c(S(=O)(=O)NCCC(O)c2ccco2)c1. The van der Waals surface area contributed by atoms with Crippen molar-refractivity contribution in [1.82, 2.24) is 4.72 Å². The molecule has 0 saturated heterocycles. The third kappa shape index (κ3) is 4.34. The standard InChI is InChI=1S/C16H21NO5S/c1-3-12-6-7-15(21-2)16(11-12)23(19,20)17-9-8-13(18)14-5-4-10-22-14/h4-7,10-11,13,17-18H,3,8-9H2,1-2H3. The van der Waals surface area contributed by atoms with Crippen LogP contribution in [0.3, 0.4) is 0 Å². The predicted octanol–water partition coefficient (Wildman–Crippen LogP) is 2.25. The van der Waals surface area contributed by atoms with Crippen LogP contribution in [-0.2, 0) is 16.4 Å². The average Bonchev–Trinajstić information content (AvgIpc) is 3.08. The summed E-state index contributed by atoms with van der Waals surface area (Å²) in [7, 11) is -2.29. The maximum Gasteiger partial charge on any atom is 0.244 e. The van der Waals surface area contributed by atoms with E-state index < -0.39 is 16.1 Å². The van der Waals surface area contributed by atoms with Gasteiger partial charge in [-0.2, -0.15) is 0 Å². The average molecular weight is 339 g/mol. The van der Waals surface area contributed by atoms with Crippen molar-refractivity contribution in [3.63, 3.8) is 0 Å². The molecular formula is C16H21NO5S. The van der Waals surface area contributed by atoms with Gasteiger partial charge in [-0.05, 0) is 42.7 Å². The number of aryl methyl sites for hydroxylation is 1. The van der Waals surface area contributed by atoms with Crippen LogP contribution in [0.25, 0.3) is 0 Å². The van der Waals surface area contributed by atoms with Crippen molar-refractivity contribution >= 4 is 10.0 Å². The Morgan fingerprint density at radius 1 is 1.35 bits per heavy atom. The largest absolute Gasteiger partial charge is 0.495 e. The first-order chi connectivity index (χ1) is 11.0. The molecule has 1 aromatic heterocycles. The molecule has 23 heavy (non-hydrogen) atoms. The van der Waals surface area contributed by atoms with Crippen molar-refractivity contribution < 1.29 is 22.7 Å². The second kappa shape index (κ2) is 7.63. The highest BCUT2D eigenvalue weighted by molar-refractivity contribution is 7.89. The summed E-state index contributed by atoms with van der Waals surface area (Å²) in [4.78, 5) is 0.104. The lowest BCUT2D eigenvalue weighted by Crippen LogP contribution is -2.26. The Labute approximate surface area is 136 Å². The van der Waals surface area contributed by atoms with Gasteiger partial charge >= 0.3 is 0 Å². The number of aliphatic hydroxyl groups excluding tert-OH is 1. The molecule has 6 nitrogen and oxygen atoms in total. The van der Waals surface area contributed by atoms with E-state index in [-0.39, 0.29) is 17.9 Å². The van der Waals surface area contributed by atoms with E-state index in [2.05, 4.69) is 4.72 Å². The van der Waals surface area contributed by atoms with Crippen LogP contribution >= 0.6 is 0 Å². The summed E-state index contributed by atoms with van der Waals surface area (Å²) in [5.74, 6) is 0.705. The summed E-state index contributed by atoms with van der Waals surface area (Å²) in [6.07, 6.45) is 1.55. The molecule has 0 aliphatic rings. The van der Waals surface area contributed by atoms with Crippen LogP contribution < -0.4 is 9.46 Å². The zero-order valence-corrected chi connectivity index (χ0v) is 14.0. The summed E-state index contributed by atoms with van der Waals surface area (Å²) in [6.45, 7) is 2.04. The van der Waals surface area contributed by atoms with Crippen molar-refractivity contribution in [3.8, 4) is 5.75 Å². The second-order valence-corrected chi connectivity index (χ2v) is 6.79. The van der Waals surface area contributed by atoms with E-state index in [1.807, 2.05) is 13.0 Å². The number of rotatable bonds is 8. The van der Waals surface area contributed by atoms with Gasteiger partial charge in [-0.3, -0.25) is 0 Å². The van der Waals surface area contributed by atoms with E-state index in [0.29, 0.717) is 11.5 Å². The Morgan fingerprint density at radius 3 is 2.74 bits per heavy atom. The smallest absolute Gasteiger partial charge is 0.244 e. The van der Waals surface area contributed by atoms with Crippen LogP contribution in [0, 0.1) is 0 Å². The normalized spacial score (nSPS) is 13.0. The summed E-state index contributed by atoms with van der Waals surface area (Å²) in [6, 6.07) is 8.39. The predicted molar refractivity (Wildman–Crippen MR) is 85.8 cm³/mol. The van der Waals surface area contributed by atoms with Gasteiger partial charge in [0.05, 0.1) is 13.4 Å². The van der Waals surface area contributed by atoms with Crippen LogP contribution in [0.15, 0.2) is 45.9 Å². The summed E-state index contributed by atoms with van der Waals surface area (Å²) in [5.41, 5.74) is 0.904. The Kier molecular flexibility index (Phi) is 5.81. The maximum atomic E-state index is 12.5. The highest BCUT2D eigenvalue weighted by Crippen LogP contribution is 2.25. The molecule has 0 amide bonds. The van der Waals surface area contributed by atoms with E-state index >= 15 is 0 Å². The number of methoxy groups -OCH3 is 1. The minimum atomic E-state index is -3.72. The fourth-order valence-corrected chi connectivity index (χ4v) is 3.45. The van der Waals surface area contributed by atoms with Gasteiger partial charge in [0, 0.05) is 6.54 Å². The molecule has 0 saturated carbocycles. The van der Waals surface area contributed by atoms with Gasteiger partial charge in [0.2, 0.25) is 10.0 Å². The number of hydrogen-bond donors (Lipinski definition) is 2. The third-order valence-corrected chi connectivity index (χ3v) is 4.99. The van der Waals surface area contributed by atoms with E-state index in [1.54, 1.807) is 24.3 Å². The summed E-state index contributed by atoms with van der Waals surface area (Å²) >= 11 is 0. The molecule has 0 bridgehead atoms. The van der Waals surface area contributed by atoms with Gasteiger partial charge < -0.3 is 14.3 Å². The number of nitrogens with one attached hydrogen (secondary N) is 1. The zero-order chi connectivity index (χ0) is 16.9. The number of hydrogen-bond acceptors (Lipinski definition) is 5. The van der Waals surface area contributed by atoms with E-state index in [9.17, 15) is 13.5 Å². The monoisotopic (exact) mass is 339 g/mol. The van der Waals surface area contributed by atoms with Crippen LogP contribution in [-0.4, -0.2) is 27.2 Å². The molecule has 1 aromatic carbocycles. The molecule has 0 fully saturated rings. The summed E-state index contributed by atoms with van der Waals surface area (Å²) in [5, 5.41) is 9.91. The quantitative estimate of drug-likeness (QED) is 0.770. The fraction of sp³-hybridized carbons (Fsp3) is 0.375. The number of ether oxygens (including phenoxy) is 1. The molecule has 2 N–H and O–H groups in total. The van der Waals surface area contributed by atoms with Gasteiger partial charge in [0.1, 0.15) is 22.5 Å². The van der Waals surface area contributed by atoms with E-state index in [0.717, 1.165) is 12.0 Å². The molecule has 1 atom stereocenters. The van der Waals surface area contributed by atoms with Gasteiger partial charge in [0.15, 0.2) is 0 Å². The number of sulfonamides is 1. The minimum Gasteiger partial charge on any atom is -0.495 e. The lowest BCUT2D eigenvalue weighted by molar-refractivity contribution is 0.141. The summed E-state index contributed by atoms with van der Waals surface area (Å²) < 4.78 is 37.6. The Hall–Kier alpha value is -1.83. The molecule has 1 heterocycles. The number of furan rings is 1. The number of benzene rings is 1. The molecule has 2 aromatic rings. The van der Waals surface area contributed by atoms with Gasteiger partial charge in [0.25, 0.3) is 0 Å². The number of aliphatic hydroxyl groups is 1. The van der Waals surface area contributed by atoms with E-state index in [1.165, 1.54) is 13.4 Å². The fourth-order valence-electron chi connectivity index (χ4n) is 2.18. The van der Waals surface area contributed by atoms with Crippen molar-refractivity contribution in [3.05, 3.63) is 47.9 Å². The van der Waals surface area contributed by atoms with Crippen LogP contribution in [0.1, 0.15) is 30.8 Å². The van der Waals surface area contributed by atoms with Crippen LogP contribution in [0.5, 0.6) is 5.75 Å². The molecular weight excluding hydrogens is 318 g/mol. The lowest BCUT2D eigenvalue weighted by Gasteiger charge is -2.13. The molecule has 0 aliphatic carbocycles. The molecule has 7 heteroatoms. The second-order valence-electron chi connectivity index (χ2n) is 5.06. The Morgan fingerprint density at radius 2 is 2.13 bits per heavy atom. The van der Waals surface area contributed by atoms with Crippen molar-refractivity contribution in [2.24, 2.45) is 0 Å². The van der Waals surface area contributed by atoms with E-state index in [4.69, 9.17) is 9.15 Å². The molecule has 0 spiro atoms. The van der Waals surface area contributed by atoms with Gasteiger partial charge in [-0.1, -0.05) is 13.0 Å². The third-order valence-electron chi connectivity index (χ3n) is 3.51. The topological polar surface area (TPSA) is 88.8 Å².